The summed E-state index contributed by atoms with van der Waals surface area (Å²) >= 11 is 0. The van der Waals surface area contributed by atoms with E-state index < -0.39 is 0 Å². The first-order chi connectivity index (χ1) is 5.36. The van der Waals surface area contributed by atoms with E-state index in [1.165, 1.54) is 32.5 Å². The second kappa shape index (κ2) is 6.30. The van der Waals surface area contributed by atoms with E-state index in [0.717, 1.165) is 6.54 Å². The minimum Gasteiger partial charge on any atom is -1.00 e. The lowest BCUT2D eigenvalue weighted by Crippen LogP contribution is -3.00. The zero-order valence-corrected chi connectivity index (χ0v) is 8.85. The molecule has 1 aliphatic rings. The monoisotopic (exact) mass is 190 g/mol. The van der Waals surface area contributed by atoms with Crippen molar-refractivity contribution in [1.29, 1.82) is 0 Å². The fourth-order valence-corrected chi connectivity index (χ4v) is 1.37. The van der Waals surface area contributed by atoms with Crippen LogP contribution in [0.5, 0.6) is 0 Å². The van der Waals surface area contributed by atoms with Gasteiger partial charge in [-0.3, -0.25) is 9.48 Å². The Morgan fingerprint density at radius 2 is 2.17 bits per heavy atom. The second-order valence-electron chi connectivity index (χ2n) is 3.13. The molecule has 0 N–H and O–H groups in total. The van der Waals surface area contributed by atoms with Crippen molar-refractivity contribution in [1.82, 2.24) is 4.90 Å². The minimum absolute atomic E-state index is 0. The van der Waals surface area contributed by atoms with Crippen molar-refractivity contribution < 1.29 is 17.0 Å². The van der Waals surface area contributed by atoms with E-state index in [2.05, 4.69) is 29.7 Å². The summed E-state index contributed by atoms with van der Waals surface area (Å²) in [7, 11) is 0. The predicted molar refractivity (Wildman–Crippen MR) is 48.2 cm³/mol. The maximum Gasteiger partial charge on any atom is 0.234 e. The van der Waals surface area contributed by atoms with Crippen molar-refractivity contribution in [2.24, 2.45) is 0 Å². The molecule has 12 heavy (non-hydrogen) atoms. The van der Waals surface area contributed by atoms with Gasteiger partial charge in [-0.05, 0) is 13.3 Å². The van der Waals surface area contributed by atoms with Gasteiger partial charge in [-0.15, -0.1) is 0 Å². The van der Waals surface area contributed by atoms with E-state index in [1.807, 2.05) is 0 Å². The Hall–Kier alpha value is -0.240. The van der Waals surface area contributed by atoms with E-state index in [-0.39, 0.29) is 12.4 Å². The average Bonchev–Trinajstić information content (AvgIpc) is 2.48. The molecule has 0 aromatic rings. The largest absolute Gasteiger partial charge is 1.00 e. The van der Waals surface area contributed by atoms with Crippen LogP contribution >= 0.6 is 0 Å². The predicted octanol–water partition coefficient (Wildman–Crippen LogP) is -1.83. The van der Waals surface area contributed by atoms with Crippen LogP contribution in [0.3, 0.4) is 0 Å². The summed E-state index contributed by atoms with van der Waals surface area (Å²) in [6, 6.07) is 0. The topological polar surface area (TPSA) is 6.25 Å². The maximum absolute atomic E-state index is 2.42. The van der Waals surface area contributed by atoms with Gasteiger partial charge in [0.1, 0.15) is 13.1 Å². The lowest BCUT2D eigenvalue weighted by atomic mass is 10.3. The summed E-state index contributed by atoms with van der Waals surface area (Å²) in [6.45, 7) is 9.30. The van der Waals surface area contributed by atoms with Gasteiger partial charge in [0.05, 0.1) is 13.1 Å². The Bertz CT molecular complexity index is 145. The first-order valence-electron chi connectivity index (χ1n) is 4.70. The van der Waals surface area contributed by atoms with Crippen LogP contribution in [0.2, 0.25) is 0 Å². The number of unbranched alkanes of at least 4 members (excludes halogenated alkanes) is 1. The Morgan fingerprint density at radius 1 is 1.42 bits per heavy atom. The highest BCUT2D eigenvalue weighted by Crippen LogP contribution is 1.95. The maximum atomic E-state index is 2.42. The molecule has 0 radical (unpaired) electrons. The lowest BCUT2D eigenvalue weighted by Gasteiger charge is -1.98. The zero-order chi connectivity index (χ0) is 8.10. The third-order valence-electron chi connectivity index (χ3n) is 2.21. The number of halogens is 1. The molecule has 1 rings (SSSR count). The Labute approximate surface area is 81.7 Å². The summed E-state index contributed by atoms with van der Waals surface area (Å²) in [6.07, 6.45) is 4.90. The molecule has 0 unspecified atom stereocenters. The SMILES string of the molecule is CCCC[N+]1=CN(CC)CC1.[Cl-]. The van der Waals surface area contributed by atoms with E-state index in [0.29, 0.717) is 0 Å². The summed E-state index contributed by atoms with van der Waals surface area (Å²) in [5, 5.41) is 0. The summed E-state index contributed by atoms with van der Waals surface area (Å²) in [5.41, 5.74) is 0. The number of hydrogen-bond acceptors (Lipinski definition) is 1. The summed E-state index contributed by atoms with van der Waals surface area (Å²) in [4.78, 5) is 2.37. The van der Waals surface area contributed by atoms with Crippen molar-refractivity contribution in [3.63, 3.8) is 0 Å². The number of rotatable bonds is 4. The van der Waals surface area contributed by atoms with Crippen molar-refractivity contribution in [3.05, 3.63) is 0 Å². The number of hydrogen-bond donors (Lipinski definition) is 0. The van der Waals surface area contributed by atoms with E-state index in [4.69, 9.17) is 0 Å². The van der Waals surface area contributed by atoms with Crippen LogP contribution in [0.15, 0.2) is 0 Å². The van der Waals surface area contributed by atoms with Crippen LogP contribution in [-0.2, 0) is 0 Å². The average molecular weight is 191 g/mol. The van der Waals surface area contributed by atoms with Crippen molar-refractivity contribution >= 4 is 6.34 Å². The Morgan fingerprint density at radius 3 is 2.67 bits per heavy atom. The first kappa shape index (κ1) is 11.8. The molecule has 0 fully saturated rings. The van der Waals surface area contributed by atoms with E-state index in [9.17, 15) is 0 Å². The molecule has 0 aromatic carbocycles. The molecule has 1 heterocycles. The fourth-order valence-electron chi connectivity index (χ4n) is 1.37. The minimum atomic E-state index is 0. The Kier molecular flexibility index (Phi) is 6.17. The molecule has 0 spiro atoms. The van der Waals surface area contributed by atoms with Crippen molar-refractivity contribution in [3.8, 4) is 0 Å². The van der Waals surface area contributed by atoms with Gasteiger partial charge in [-0.2, -0.15) is 0 Å². The molecule has 0 amide bonds. The molecule has 72 valence electrons. The molecule has 0 aromatic heterocycles. The van der Waals surface area contributed by atoms with E-state index in [1.54, 1.807) is 0 Å². The van der Waals surface area contributed by atoms with Crippen LogP contribution in [0.1, 0.15) is 26.7 Å². The molecular formula is C9H19ClN2. The standard InChI is InChI=1S/C9H19N2.ClH/c1-3-5-6-11-8-7-10(4-2)9-11;/h9H,3-8H2,1-2H3;1H/q+1;/p-1. The molecular weight excluding hydrogens is 172 g/mol. The molecule has 3 heteroatoms. The number of nitrogens with zero attached hydrogens (tertiary/aromatic N) is 2. The van der Waals surface area contributed by atoms with Gasteiger partial charge < -0.3 is 12.4 Å². The third-order valence-corrected chi connectivity index (χ3v) is 2.21. The van der Waals surface area contributed by atoms with Gasteiger partial charge in [0.2, 0.25) is 6.34 Å². The van der Waals surface area contributed by atoms with Gasteiger partial charge in [-0.25, -0.2) is 0 Å². The first-order valence-corrected chi connectivity index (χ1v) is 4.70. The lowest BCUT2D eigenvalue weighted by molar-refractivity contribution is -0.514. The fraction of sp³-hybridized carbons (Fsp3) is 0.889. The molecule has 0 saturated heterocycles. The highest BCUT2D eigenvalue weighted by molar-refractivity contribution is 5.50. The Balaban J connectivity index is 0.00000121. The summed E-state index contributed by atoms with van der Waals surface area (Å²) in [5.74, 6) is 0. The quantitative estimate of drug-likeness (QED) is 0.473. The van der Waals surface area contributed by atoms with Gasteiger partial charge in [0.25, 0.3) is 0 Å². The van der Waals surface area contributed by atoms with Crippen LogP contribution in [-0.4, -0.2) is 42.0 Å². The van der Waals surface area contributed by atoms with Gasteiger partial charge >= 0.3 is 0 Å². The highest BCUT2D eigenvalue weighted by atomic mass is 35.5. The normalized spacial score (nSPS) is 15.8. The second-order valence-corrected chi connectivity index (χ2v) is 3.13. The van der Waals surface area contributed by atoms with Gasteiger partial charge in [-0.1, -0.05) is 13.3 Å². The molecule has 1 aliphatic heterocycles. The van der Waals surface area contributed by atoms with Crippen LogP contribution < -0.4 is 12.4 Å². The van der Waals surface area contributed by atoms with Crippen LogP contribution in [0, 0.1) is 0 Å². The number of likely N-dealkylation sites (N-methyl/N-ethyl adjacent to an activating group) is 1. The smallest absolute Gasteiger partial charge is 0.234 e. The van der Waals surface area contributed by atoms with Crippen molar-refractivity contribution in [2.45, 2.75) is 26.7 Å². The van der Waals surface area contributed by atoms with Crippen molar-refractivity contribution in [2.75, 3.05) is 26.2 Å². The van der Waals surface area contributed by atoms with Gasteiger partial charge in [0, 0.05) is 0 Å². The van der Waals surface area contributed by atoms with E-state index >= 15 is 0 Å². The molecule has 0 aliphatic carbocycles. The van der Waals surface area contributed by atoms with Crippen LogP contribution in [0.25, 0.3) is 0 Å². The highest BCUT2D eigenvalue weighted by Gasteiger charge is 2.15. The van der Waals surface area contributed by atoms with Gasteiger partial charge in [0.15, 0.2) is 0 Å². The molecule has 2 nitrogen and oxygen atoms in total. The molecule has 0 saturated carbocycles. The molecule has 0 bridgehead atoms. The zero-order valence-electron chi connectivity index (χ0n) is 8.09. The molecule has 0 atom stereocenters. The third kappa shape index (κ3) is 3.44. The van der Waals surface area contributed by atoms with Crippen LogP contribution in [0.4, 0.5) is 0 Å². The summed E-state index contributed by atoms with van der Waals surface area (Å²) < 4.78 is 2.42.